The molecule has 1 amide bonds. The molecule has 2 aromatic rings. The summed E-state index contributed by atoms with van der Waals surface area (Å²) in [6.45, 7) is 1.18. The van der Waals surface area contributed by atoms with E-state index in [1.54, 1.807) is 41.7 Å². The van der Waals surface area contributed by atoms with Crippen molar-refractivity contribution >= 4 is 21.6 Å². The fraction of sp³-hybridized carbons (Fsp3) is 0.316. The van der Waals surface area contributed by atoms with Gasteiger partial charge in [0.15, 0.2) is 0 Å². The van der Waals surface area contributed by atoms with Crippen LogP contribution in [0, 0.1) is 0 Å². The molecule has 1 fully saturated rings. The van der Waals surface area contributed by atoms with Gasteiger partial charge >= 0.3 is 0 Å². The first kappa shape index (κ1) is 21.1. The van der Waals surface area contributed by atoms with Crippen LogP contribution in [0.1, 0.15) is 10.4 Å². The second-order valence-electron chi connectivity index (χ2n) is 6.72. The number of nitrogens with zero attached hydrogens (tertiary/aromatic N) is 3. The lowest BCUT2D eigenvalue weighted by Crippen LogP contribution is -2.49. The molecule has 9 nitrogen and oxygen atoms in total. The Morgan fingerprint density at radius 2 is 1.69 bits per heavy atom. The van der Waals surface area contributed by atoms with Gasteiger partial charge in [0.05, 0.1) is 16.1 Å². The van der Waals surface area contributed by atoms with Crippen molar-refractivity contribution in [3.8, 4) is 5.75 Å². The number of amides is 1. The summed E-state index contributed by atoms with van der Waals surface area (Å²) in [5.41, 5.74) is 1.85. The molecule has 2 N–H and O–H groups in total. The first-order valence-electron chi connectivity index (χ1n) is 9.07. The van der Waals surface area contributed by atoms with Gasteiger partial charge in [-0.1, -0.05) is 24.3 Å². The molecule has 0 saturated carbocycles. The monoisotopic (exact) mass is 420 g/mol. The SMILES string of the molecule is CN(C)c1cccc(S(=O)(=O)N2CCN(Oc3ccccc3)CC2)c1C(=O)NO. The Bertz CT molecular complexity index is 958. The second kappa shape index (κ2) is 8.78. The van der Waals surface area contributed by atoms with Crippen molar-refractivity contribution in [3.05, 3.63) is 54.1 Å². The van der Waals surface area contributed by atoms with Crippen LogP contribution in [0.5, 0.6) is 5.75 Å². The van der Waals surface area contributed by atoms with Crippen molar-refractivity contribution in [1.29, 1.82) is 0 Å². The van der Waals surface area contributed by atoms with Crippen LogP contribution in [-0.2, 0) is 10.0 Å². The number of nitrogens with one attached hydrogen (secondary N) is 1. The van der Waals surface area contributed by atoms with Crippen LogP contribution in [0.15, 0.2) is 53.4 Å². The first-order valence-corrected chi connectivity index (χ1v) is 10.5. The number of hydroxylamine groups is 3. The lowest BCUT2D eigenvalue weighted by Gasteiger charge is -2.33. The maximum absolute atomic E-state index is 13.3. The predicted molar refractivity (Wildman–Crippen MR) is 107 cm³/mol. The third-order valence-corrected chi connectivity index (χ3v) is 6.55. The molecule has 0 atom stereocenters. The van der Waals surface area contributed by atoms with Gasteiger partial charge in [0.1, 0.15) is 5.75 Å². The minimum Gasteiger partial charge on any atom is -0.406 e. The number of rotatable bonds is 6. The third-order valence-electron chi connectivity index (χ3n) is 4.61. The van der Waals surface area contributed by atoms with Crippen molar-refractivity contribution in [3.63, 3.8) is 0 Å². The Labute approximate surface area is 170 Å². The summed E-state index contributed by atoms with van der Waals surface area (Å²) in [5.74, 6) is -0.191. The zero-order valence-electron chi connectivity index (χ0n) is 16.3. The molecule has 1 heterocycles. The Balaban J connectivity index is 1.82. The van der Waals surface area contributed by atoms with Gasteiger partial charge in [-0.25, -0.2) is 13.9 Å². The molecule has 29 heavy (non-hydrogen) atoms. The average molecular weight is 420 g/mol. The summed E-state index contributed by atoms with van der Waals surface area (Å²) in [6, 6.07) is 13.8. The van der Waals surface area contributed by atoms with Crippen molar-refractivity contribution < 1.29 is 23.3 Å². The van der Waals surface area contributed by atoms with Crippen LogP contribution in [0.2, 0.25) is 0 Å². The maximum Gasteiger partial charge on any atom is 0.278 e. The number of hydrogen-bond donors (Lipinski definition) is 2. The van der Waals surface area contributed by atoms with Gasteiger partial charge in [-0.15, -0.1) is 5.06 Å². The quantitative estimate of drug-likeness (QED) is 0.534. The molecule has 1 aliphatic heterocycles. The molecular formula is C19H24N4O5S. The third kappa shape index (κ3) is 4.51. The molecule has 0 aliphatic carbocycles. The number of benzene rings is 2. The zero-order chi connectivity index (χ0) is 21.0. The van der Waals surface area contributed by atoms with Gasteiger partial charge in [-0.3, -0.25) is 10.0 Å². The Morgan fingerprint density at radius 1 is 1.03 bits per heavy atom. The van der Waals surface area contributed by atoms with Crippen molar-refractivity contribution in [1.82, 2.24) is 14.8 Å². The van der Waals surface area contributed by atoms with Gasteiger partial charge < -0.3 is 9.74 Å². The molecule has 0 radical (unpaired) electrons. The molecule has 3 rings (SSSR count). The summed E-state index contributed by atoms with van der Waals surface area (Å²) in [7, 11) is -0.560. The molecule has 156 valence electrons. The molecule has 0 unspecified atom stereocenters. The predicted octanol–water partition coefficient (Wildman–Crippen LogP) is 1.17. The molecule has 1 aliphatic rings. The molecule has 0 bridgehead atoms. The lowest BCUT2D eigenvalue weighted by molar-refractivity contribution is -0.0776. The molecular weight excluding hydrogens is 396 g/mol. The van der Waals surface area contributed by atoms with Crippen LogP contribution in [0.25, 0.3) is 0 Å². The number of sulfonamides is 1. The van der Waals surface area contributed by atoms with Gasteiger partial charge in [0.2, 0.25) is 10.0 Å². The topological polar surface area (TPSA) is 102 Å². The highest BCUT2D eigenvalue weighted by atomic mass is 32.2. The number of carbonyl (C=O) groups excluding carboxylic acids is 1. The van der Waals surface area contributed by atoms with E-state index in [-0.39, 0.29) is 23.5 Å². The number of carbonyl (C=O) groups is 1. The van der Waals surface area contributed by atoms with Crippen molar-refractivity contribution in [2.45, 2.75) is 4.90 Å². The minimum absolute atomic E-state index is 0.0945. The van der Waals surface area contributed by atoms with Crippen LogP contribution in [-0.4, -0.2) is 69.2 Å². The van der Waals surface area contributed by atoms with E-state index in [0.29, 0.717) is 24.5 Å². The number of anilines is 1. The average Bonchev–Trinajstić information content (AvgIpc) is 2.73. The van der Waals surface area contributed by atoms with Crippen LogP contribution in [0.3, 0.4) is 0 Å². The van der Waals surface area contributed by atoms with Crippen molar-refractivity contribution in [2.75, 3.05) is 45.2 Å². The summed E-state index contributed by atoms with van der Waals surface area (Å²) < 4.78 is 27.8. The molecule has 10 heteroatoms. The number of hydrogen-bond acceptors (Lipinski definition) is 7. The Kier molecular flexibility index (Phi) is 6.38. The molecule has 0 aromatic heterocycles. The van der Waals surface area contributed by atoms with Crippen LogP contribution >= 0.6 is 0 Å². The Morgan fingerprint density at radius 3 is 2.28 bits per heavy atom. The summed E-state index contributed by atoms with van der Waals surface area (Å²) >= 11 is 0. The van der Waals surface area contributed by atoms with E-state index in [0.717, 1.165) is 0 Å². The van der Waals surface area contributed by atoms with E-state index in [1.807, 2.05) is 30.3 Å². The standard InChI is InChI=1S/C19H24N4O5S/c1-21(2)16-9-6-10-17(18(16)19(24)20-25)29(26,27)23-13-11-22(12-14-23)28-15-7-4-3-5-8-15/h3-10,25H,11-14H2,1-2H3,(H,20,24). The maximum atomic E-state index is 13.3. The summed E-state index contributed by atoms with van der Waals surface area (Å²) in [5, 5.41) is 10.8. The first-order chi connectivity index (χ1) is 13.8. The van der Waals surface area contributed by atoms with E-state index in [2.05, 4.69) is 0 Å². The second-order valence-corrected chi connectivity index (χ2v) is 8.63. The highest BCUT2D eigenvalue weighted by molar-refractivity contribution is 7.89. The lowest BCUT2D eigenvalue weighted by atomic mass is 10.1. The molecule has 2 aromatic carbocycles. The largest absolute Gasteiger partial charge is 0.406 e. The highest BCUT2D eigenvalue weighted by Gasteiger charge is 2.33. The van der Waals surface area contributed by atoms with Crippen LogP contribution < -0.4 is 15.2 Å². The fourth-order valence-corrected chi connectivity index (χ4v) is 4.79. The molecule has 0 spiro atoms. The summed E-state index contributed by atoms with van der Waals surface area (Å²) in [4.78, 5) is 19.5. The number of piperazine rings is 1. The normalized spacial score (nSPS) is 15.7. The minimum atomic E-state index is -3.95. The smallest absolute Gasteiger partial charge is 0.278 e. The fourth-order valence-electron chi connectivity index (χ4n) is 3.16. The van der Waals surface area contributed by atoms with Gasteiger partial charge in [0.25, 0.3) is 5.91 Å². The van der Waals surface area contributed by atoms with E-state index in [4.69, 9.17) is 10.0 Å². The van der Waals surface area contributed by atoms with Crippen LogP contribution in [0.4, 0.5) is 5.69 Å². The van der Waals surface area contributed by atoms with E-state index < -0.39 is 15.9 Å². The van der Waals surface area contributed by atoms with Gasteiger partial charge in [0, 0.05) is 40.3 Å². The van der Waals surface area contributed by atoms with E-state index >= 15 is 0 Å². The molecule has 1 saturated heterocycles. The summed E-state index contributed by atoms with van der Waals surface area (Å²) in [6.07, 6.45) is 0. The number of para-hydroxylation sites is 1. The van der Waals surface area contributed by atoms with E-state index in [9.17, 15) is 13.2 Å². The highest BCUT2D eigenvalue weighted by Crippen LogP contribution is 2.29. The Hall–Kier alpha value is -2.66. The zero-order valence-corrected chi connectivity index (χ0v) is 17.1. The van der Waals surface area contributed by atoms with Crippen molar-refractivity contribution in [2.24, 2.45) is 0 Å². The van der Waals surface area contributed by atoms with Gasteiger partial charge in [-0.2, -0.15) is 4.31 Å². The van der Waals surface area contributed by atoms with Gasteiger partial charge in [-0.05, 0) is 24.3 Å². The van der Waals surface area contributed by atoms with E-state index in [1.165, 1.54) is 10.4 Å².